The van der Waals surface area contributed by atoms with Crippen molar-refractivity contribution in [3.8, 4) is 0 Å². The van der Waals surface area contributed by atoms with Crippen LogP contribution in [0.5, 0.6) is 0 Å². The first-order chi connectivity index (χ1) is 11.3. The van der Waals surface area contributed by atoms with E-state index in [2.05, 4.69) is 20.3 Å². The van der Waals surface area contributed by atoms with Crippen LogP contribution in [-0.4, -0.2) is 35.8 Å². The van der Waals surface area contributed by atoms with Crippen molar-refractivity contribution in [1.29, 1.82) is 0 Å². The second-order valence-electron chi connectivity index (χ2n) is 5.71. The lowest BCUT2D eigenvalue weighted by molar-refractivity contribution is 0.383. The van der Waals surface area contributed by atoms with Gasteiger partial charge in [0, 0.05) is 36.3 Å². The molecule has 0 bridgehead atoms. The van der Waals surface area contributed by atoms with E-state index in [9.17, 15) is 0 Å². The van der Waals surface area contributed by atoms with Crippen LogP contribution < -0.4 is 11.1 Å². The fourth-order valence-corrected chi connectivity index (χ4v) is 2.87. The summed E-state index contributed by atoms with van der Waals surface area (Å²) in [5, 5.41) is 3.82. The maximum Gasteiger partial charge on any atom is 0.129 e. The van der Waals surface area contributed by atoms with Crippen molar-refractivity contribution >= 4 is 34.4 Å². The average Bonchev–Trinajstić information content (AvgIpc) is 2.59. The molecular formula is C17H20ClN5. The zero-order valence-corrected chi connectivity index (χ0v) is 13.6. The summed E-state index contributed by atoms with van der Waals surface area (Å²) in [5.41, 5.74) is 9.05. The second kappa shape index (κ2) is 7.53. The average molecular weight is 330 g/mol. The Hall–Kier alpha value is -1.98. The van der Waals surface area contributed by atoms with Crippen molar-refractivity contribution in [3.05, 3.63) is 41.3 Å². The maximum absolute atomic E-state index is 5.94. The van der Waals surface area contributed by atoms with Crippen LogP contribution in [0, 0.1) is 5.92 Å². The van der Waals surface area contributed by atoms with Gasteiger partial charge in [-0.05, 0) is 50.0 Å². The Morgan fingerprint density at radius 2 is 2.17 bits per heavy atom. The Morgan fingerprint density at radius 1 is 1.35 bits per heavy atom. The normalized spacial score (nSPS) is 17.2. The number of hydrogen-bond donors (Lipinski definition) is 2. The summed E-state index contributed by atoms with van der Waals surface area (Å²) in [5.74, 6) is 0.654. The molecule has 0 aromatic carbocycles. The molecule has 3 N–H and O–H groups in total. The molecule has 0 aliphatic carbocycles. The van der Waals surface area contributed by atoms with Crippen molar-refractivity contribution in [2.75, 3.05) is 19.6 Å². The van der Waals surface area contributed by atoms with Gasteiger partial charge in [-0.25, -0.2) is 4.98 Å². The first-order valence-electron chi connectivity index (χ1n) is 7.81. The lowest BCUT2D eigenvalue weighted by Crippen LogP contribution is -2.28. The maximum atomic E-state index is 5.94. The Balaban J connectivity index is 1.75. The summed E-state index contributed by atoms with van der Waals surface area (Å²) in [7, 11) is 0. The number of aliphatic imine (C=N–C) groups is 1. The second-order valence-corrected chi connectivity index (χ2v) is 6.09. The van der Waals surface area contributed by atoms with E-state index in [1.54, 1.807) is 18.5 Å². The van der Waals surface area contributed by atoms with Crippen LogP contribution in [0.2, 0.25) is 5.15 Å². The lowest BCUT2D eigenvalue weighted by atomic mass is 9.98. The zero-order chi connectivity index (χ0) is 16.1. The molecule has 1 aliphatic heterocycles. The summed E-state index contributed by atoms with van der Waals surface area (Å²) in [6.45, 7) is 3.01. The minimum Gasteiger partial charge on any atom is -0.404 e. The number of piperidine rings is 1. The molecule has 1 aliphatic rings. The summed E-state index contributed by atoms with van der Waals surface area (Å²) in [4.78, 5) is 13.3. The molecular weight excluding hydrogens is 310 g/mol. The van der Waals surface area contributed by atoms with Crippen molar-refractivity contribution < 1.29 is 0 Å². The summed E-state index contributed by atoms with van der Waals surface area (Å²) in [6, 6.07) is 5.52. The van der Waals surface area contributed by atoms with Crippen LogP contribution in [0.3, 0.4) is 0 Å². The SMILES string of the molecule is NC=C(C=NCC1CCNCC1)c1cnc2ccc(Cl)nc2c1. The molecule has 1 fully saturated rings. The molecule has 23 heavy (non-hydrogen) atoms. The number of allylic oxidation sites excluding steroid dienone is 1. The standard InChI is InChI=1S/C17H20ClN5/c18-17-2-1-15-16(23-17)7-13(11-22-15)14(8-19)10-21-9-12-3-5-20-6-4-12/h1-2,7-8,10-12,20H,3-6,9,19H2. The van der Waals surface area contributed by atoms with E-state index in [1.165, 1.54) is 12.8 Å². The van der Waals surface area contributed by atoms with Gasteiger partial charge >= 0.3 is 0 Å². The van der Waals surface area contributed by atoms with Gasteiger partial charge in [0.25, 0.3) is 0 Å². The van der Waals surface area contributed by atoms with Crippen molar-refractivity contribution in [2.45, 2.75) is 12.8 Å². The molecule has 2 aromatic heterocycles. The fourth-order valence-electron chi connectivity index (χ4n) is 2.72. The first-order valence-corrected chi connectivity index (χ1v) is 8.19. The van der Waals surface area contributed by atoms with Gasteiger partial charge in [-0.3, -0.25) is 9.98 Å². The van der Waals surface area contributed by atoms with E-state index in [-0.39, 0.29) is 0 Å². The fraction of sp³-hybridized carbons (Fsp3) is 0.353. The van der Waals surface area contributed by atoms with Gasteiger partial charge in [0.05, 0.1) is 11.0 Å². The number of pyridine rings is 2. The molecule has 3 rings (SSSR count). The first kappa shape index (κ1) is 15.9. The molecule has 0 radical (unpaired) electrons. The van der Waals surface area contributed by atoms with Crippen LogP contribution in [-0.2, 0) is 0 Å². The van der Waals surface area contributed by atoms with E-state index in [1.807, 2.05) is 18.3 Å². The minimum absolute atomic E-state index is 0.453. The van der Waals surface area contributed by atoms with Crippen molar-refractivity contribution in [2.24, 2.45) is 16.6 Å². The number of rotatable bonds is 4. The number of halogens is 1. The third-order valence-corrected chi connectivity index (χ3v) is 4.28. The van der Waals surface area contributed by atoms with E-state index < -0.39 is 0 Å². The number of aromatic nitrogens is 2. The van der Waals surface area contributed by atoms with Crippen LogP contribution in [0.1, 0.15) is 18.4 Å². The predicted molar refractivity (Wildman–Crippen MR) is 95.7 cm³/mol. The largest absolute Gasteiger partial charge is 0.404 e. The summed E-state index contributed by atoms with van der Waals surface area (Å²) < 4.78 is 0. The Kier molecular flexibility index (Phi) is 5.20. The van der Waals surface area contributed by atoms with Crippen LogP contribution in [0.4, 0.5) is 0 Å². The van der Waals surface area contributed by atoms with Crippen LogP contribution >= 0.6 is 11.6 Å². The van der Waals surface area contributed by atoms with Crippen LogP contribution in [0.15, 0.2) is 35.6 Å². The number of hydrogen-bond acceptors (Lipinski definition) is 5. The van der Waals surface area contributed by atoms with E-state index in [0.717, 1.165) is 41.8 Å². The molecule has 5 nitrogen and oxygen atoms in total. The molecule has 3 heterocycles. The topological polar surface area (TPSA) is 76.2 Å². The quantitative estimate of drug-likeness (QED) is 0.668. The number of fused-ring (bicyclic) bond motifs is 1. The van der Waals surface area contributed by atoms with Gasteiger partial charge in [0.15, 0.2) is 0 Å². The van der Waals surface area contributed by atoms with Gasteiger partial charge in [-0.2, -0.15) is 0 Å². The highest BCUT2D eigenvalue weighted by Gasteiger charge is 2.11. The van der Waals surface area contributed by atoms with Gasteiger partial charge in [-0.15, -0.1) is 0 Å². The predicted octanol–water partition coefficient (Wildman–Crippen LogP) is 2.65. The Morgan fingerprint density at radius 3 is 2.96 bits per heavy atom. The molecule has 0 unspecified atom stereocenters. The molecule has 6 heteroatoms. The monoisotopic (exact) mass is 329 g/mol. The smallest absolute Gasteiger partial charge is 0.129 e. The summed E-state index contributed by atoms with van der Waals surface area (Å²) >= 11 is 5.94. The highest BCUT2D eigenvalue weighted by Crippen LogP contribution is 2.19. The van der Waals surface area contributed by atoms with Gasteiger partial charge in [-0.1, -0.05) is 11.6 Å². The van der Waals surface area contributed by atoms with Gasteiger partial charge in [0.1, 0.15) is 5.15 Å². The molecule has 0 amide bonds. The molecule has 120 valence electrons. The van der Waals surface area contributed by atoms with Gasteiger partial charge < -0.3 is 11.1 Å². The number of nitrogens with one attached hydrogen (secondary N) is 1. The molecule has 0 atom stereocenters. The lowest BCUT2D eigenvalue weighted by Gasteiger charge is -2.20. The third kappa shape index (κ3) is 4.06. The van der Waals surface area contributed by atoms with E-state index in [4.69, 9.17) is 17.3 Å². The van der Waals surface area contributed by atoms with E-state index in [0.29, 0.717) is 11.1 Å². The highest BCUT2D eigenvalue weighted by atomic mass is 35.5. The number of nitrogens with zero attached hydrogens (tertiary/aromatic N) is 3. The van der Waals surface area contributed by atoms with Gasteiger partial charge in [0.2, 0.25) is 0 Å². The van der Waals surface area contributed by atoms with Crippen molar-refractivity contribution in [1.82, 2.24) is 15.3 Å². The molecule has 1 saturated heterocycles. The minimum atomic E-state index is 0.453. The highest BCUT2D eigenvalue weighted by molar-refractivity contribution is 6.29. The third-order valence-electron chi connectivity index (χ3n) is 4.07. The van der Waals surface area contributed by atoms with Crippen molar-refractivity contribution in [3.63, 3.8) is 0 Å². The molecule has 2 aromatic rings. The molecule has 0 saturated carbocycles. The Bertz CT molecular complexity index is 735. The zero-order valence-electron chi connectivity index (χ0n) is 12.9. The van der Waals surface area contributed by atoms with E-state index >= 15 is 0 Å². The molecule has 0 spiro atoms. The number of nitrogens with two attached hydrogens (primary N) is 1. The summed E-state index contributed by atoms with van der Waals surface area (Å²) in [6.07, 6.45) is 7.53. The Labute approximate surface area is 140 Å². The van der Waals surface area contributed by atoms with Crippen LogP contribution in [0.25, 0.3) is 16.6 Å².